The average Bonchev–Trinajstić information content (AvgIpc) is 2.96. The van der Waals surface area contributed by atoms with Gasteiger partial charge in [0, 0.05) is 31.7 Å². The number of hydrogen-bond acceptors (Lipinski definition) is 5. The molecular weight excluding hydrogens is 290 g/mol. The van der Waals surface area contributed by atoms with Gasteiger partial charge in [-0.1, -0.05) is 17.7 Å². The molecule has 0 aliphatic carbocycles. The molecule has 0 unspecified atom stereocenters. The average molecular weight is 315 g/mol. The van der Waals surface area contributed by atoms with E-state index in [4.69, 9.17) is 9.15 Å². The SMILES string of the molecule is Cc1ccc(-c2nc(CNC[C@@H]3CN(C)CCO3)co2)c(C)c1. The first kappa shape index (κ1) is 16.2. The van der Waals surface area contributed by atoms with E-state index in [1.807, 2.05) is 0 Å². The van der Waals surface area contributed by atoms with E-state index in [0.29, 0.717) is 12.4 Å². The van der Waals surface area contributed by atoms with Gasteiger partial charge < -0.3 is 19.4 Å². The van der Waals surface area contributed by atoms with Gasteiger partial charge in [-0.25, -0.2) is 4.98 Å². The number of rotatable bonds is 5. The topological polar surface area (TPSA) is 50.5 Å². The van der Waals surface area contributed by atoms with Gasteiger partial charge in [-0.2, -0.15) is 0 Å². The fourth-order valence-electron chi connectivity index (χ4n) is 2.92. The second kappa shape index (κ2) is 7.25. The highest BCUT2D eigenvalue weighted by Crippen LogP contribution is 2.23. The summed E-state index contributed by atoms with van der Waals surface area (Å²) in [4.78, 5) is 6.88. The van der Waals surface area contributed by atoms with Crippen molar-refractivity contribution in [3.8, 4) is 11.5 Å². The first-order chi connectivity index (χ1) is 11.1. The second-order valence-corrected chi connectivity index (χ2v) is 6.35. The normalized spacial score (nSPS) is 19.2. The van der Waals surface area contributed by atoms with Crippen LogP contribution in [0.15, 0.2) is 28.9 Å². The molecule has 1 aromatic carbocycles. The van der Waals surface area contributed by atoms with E-state index in [2.05, 4.69) is 54.3 Å². The van der Waals surface area contributed by atoms with E-state index in [1.165, 1.54) is 11.1 Å². The second-order valence-electron chi connectivity index (χ2n) is 6.35. The minimum absolute atomic E-state index is 0.250. The summed E-state index contributed by atoms with van der Waals surface area (Å²) in [5, 5.41) is 3.41. The summed E-state index contributed by atoms with van der Waals surface area (Å²) < 4.78 is 11.4. The predicted octanol–water partition coefficient (Wildman–Crippen LogP) is 2.38. The standard InChI is InChI=1S/C18H25N3O2/c1-13-4-5-17(14(2)8-13)18-20-15(12-23-18)9-19-10-16-11-21(3)6-7-22-16/h4-5,8,12,16,19H,6-7,9-11H2,1-3H3/t16-/m1/s1. The molecule has 0 bridgehead atoms. The van der Waals surface area contributed by atoms with Crippen molar-refractivity contribution in [2.24, 2.45) is 0 Å². The summed E-state index contributed by atoms with van der Waals surface area (Å²) in [5.74, 6) is 0.688. The Labute approximate surface area is 137 Å². The summed E-state index contributed by atoms with van der Waals surface area (Å²) >= 11 is 0. The van der Waals surface area contributed by atoms with Crippen LogP contribution in [-0.2, 0) is 11.3 Å². The van der Waals surface area contributed by atoms with Crippen LogP contribution in [0.2, 0.25) is 0 Å². The molecule has 2 heterocycles. The Morgan fingerprint density at radius 3 is 3.00 bits per heavy atom. The number of aromatic nitrogens is 1. The Balaban J connectivity index is 1.55. The molecule has 1 aliphatic rings. The van der Waals surface area contributed by atoms with Crippen LogP contribution in [0, 0.1) is 13.8 Å². The van der Waals surface area contributed by atoms with E-state index in [0.717, 1.165) is 37.5 Å². The maximum atomic E-state index is 5.74. The van der Waals surface area contributed by atoms with Crippen LogP contribution in [0.25, 0.3) is 11.5 Å². The van der Waals surface area contributed by atoms with Crippen molar-refractivity contribution in [3.63, 3.8) is 0 Å². The molecule has 1 aliphatic heterocycles. The fraction of sp³-hybridized carbons (Fsp3) is 0.500. The Morgan fingerprint density at radius 1 is 1.35 bits per heavy atom. The van der Waals surface area contributed by atoms with Crippen LogP contribution >= 0.6 is 0 Å². The van der Waals surface area contributed by atoms with Crippen molar-refractivity contribution in [2.45, 2.75) is 26.5 Å². The lowest BCUT2D eigenvalue weighted by molar-refractivity contribution is -0.0182. The highest BCUT2D eigenvalue weighted by atomic mass is 16.5. The minimum atomic E-state index is 0.250. The van der Waals surface area contributed by atoms with Gasteiger partial charge >= 0.3 is 0 Å². The molecule has 5 nitrogen and oxygen atoms in total. The van der Waals surface area contributed by atoms with Crippen LogP contribution in [0.4, 0.5) is 0 Å². The molecule has 2 aromatic rings. The van der Waals surface area contributed by atoms with Crippen LogP contribution in [0.3, 0.4) is 0 Å². The zero-order valence-corrected chi connectivity index (χ0v) is 14.1. The predicted molar refractivity (Wildman–Crippen MR) is 90.4 cm³/mol. The molecule has 0 amide bonds. The van der Waals surface area contributed by atoms with Crippen molar-refractivity contribution in [3.05, 3.63) is 41.3 Å². The molecule has 3 rings (SSSR count). The number of benzene rings is 1. The zero-order valence-electron chi connectivity index (χ0n) is 14.1. The Kier molecular flexibility index (Phi) is 5.10. The molecule has 0 saturated carbocycles. The van der Waals surface area contributed by atoms with Gasteiger partial charge in [-0.15, -0.1) is 0 Å². The van der Waals surface area contributed by atoms with Gasteiger partial charge in [0.2, 0.25) is 5.89 Å². The first-order valence-corrected chi connectivity index (χ1v) is 8.14. The monoisotopic (exact) mass is 315 g/mol. The summed E-state index contributed by atoms with van der Waals surface area (Å²) in [6, 6.07) is 6.30. The van der Waals surface area contributed by atoms with Crippen molar-refractivity contribution in [1.29, 1.82) is 0 Å². The summed E-state index contributed by atoms with van der Waals surface area (Å²) in [6.07, 6.45) is 1.98. The highest BCUT2D eigenvalue weighted by molar-refractivity contribution is 5.59. The van der Waals surface area contributed by atoms with E-state index >= 15 is 0 Å². The smallest absolute Gasteiger partial charge is 0.226 e. The van der Waals surface area contributed by atoms with Gasteiger partial charge in [-0.3, -0.25) is 0 Å². The lowest BCUT2D eigenvalue weighted by Crippen LogP contribution is -2.44. The first-order valence-electron chi connectivity index (χ1n) is 8.14. The van der Waals surface area contributed by atoms with E-state index in [1.54, 1.807) is 6.26 Å². The Bertz CT molecular complexity index is 653. The summed E-state index contributed by atoms with van der Waals surface area (Å²) in [5.41, 5.74) is 4.41. The lowest BCUT2D eigenvalue weighted by atomic mass is 10.1. The van der Waals surface area contributed by atoms with Gasteiger partial charge in [0.1, 0.15) is 6.26 Å². The quantitative estimate of drug-likeness (QED) is 0.918. The lowest BCUT2D eigenvalue weighted by Gasteiger charge is -2.30. The number of nitrogens with one attached hydrogen (secondary N) is 1. The van der Waals surface area contributed by atoms with Gasteiger partial charge in [0.05, 0.1) is 18.4 Å². The largest absolute Gasteiger partial charge is 0.444 e. The van der Waals surface area contributed by atoms with E-state index in [-0.39, 0.29) is 6.10 Å². The number of hydrogen-bond donors (Lipinski definition) is 1. The van der Waals surface area contributed by atoms with Crippen molar-refractivity contribution in [1.82, 2.24) is 15.2 Å². The van der Waals surface area contributed by atoms with E-state index < -0.39 is 0 Å². The summed E-state index contributed by atoms with van der Waals surface area (Å²) in [7, 11) is 2.13. The van der Waals surface area contributed by atoms with E-state index in [9.17, 15) is 0 Å². The Morgan fingerprint density at radius 2 is 2.22 bits per heavy atom. The third kappa shape index (κ3) is 4.19. The number of nitrogens with zero attached hydrogens (tertiary/aromatic N) is 2. The number of likely N-dealkylation sites (N-methyl/N-ethyl adjacent to an activating group) is 1. The number of aryl methyl sites for hydroxylation is 2. The molecule has 124 valence electrons. The van der Waals surface area contributed by atoms with Gasteiger partial charge in [0.25, 0.3) is 0 Å². The van der Waals surface area contributed by atoms with Crippen LogP contribution in [-0.4, -0.2) is 49.3 Å². The van der Waals surface area contributed by atoms with Gasteiger partial charge in [-0.05, 0) is 32.5 Å². The molecule has 5 heteroatoms. The number of oxazole rings is 1. The fourth-order valence-corrected chi connectivity index (χ4v) is 2.92. The molecule has 1 aromatic heterocycles. The molecule has 0 radical (unpaired) electrons. The molecule has 1 atom stereocenters. The van der Waals surface area contributed by atoms with Crippen LogP contribution in [0.5, 0.6) is 0 Å². The minimum Gasteiger partial charge on any atom is -0.444 e. The maximum absolute atomic E-state index is 5.74. The maximum Gasteiger partial charge on any atom is 0.226 e. The molecule has 23 heavy (non-hydrogen) atoms. The third-order valence-corrected chi connectivity index (χ3v) is 4.18. The number of ether oxygens (including phenoxy) is 1. The molecule has 1 N–H and O–H groups in total. The zero-order chi connectivity index (χ0) is 16.2. The third-order valence-electron chi connectivity index (χ3n) is 4.18. The molecular formula is C18H25N3O2. The summed E-state index contributed by atoms with van der Waals surface area (Å²) in [6.45, 7) is 8.49. The molecule has 1 fully saturated rings. The van der Waals surface area contributed by atoms with Crippen molar-refractivity contribution in [2.75, 3.05) is 33.3 Å². The highest BCUT2D eigenvalue weighted by Gasteiger charge is 2.17. The van der Waals surface area contributed by atoms with Crippen LogP contribution in [0.1, 0.15) is 16.8 Å². The van der Waals surface area contributed by atoms with Crippen LogP contribution < -0.4 is 5.32 Å². The Hall–Kier alpha value is -1.69. The van der Waals surface area contributed by atoms with Gasteiger partial charge in [0.15, 0.2) is 0 Å². The molecule has 0 spiro atoms. The molecule has 1 saturated heterocycles. The number of morpholine rings is 1. The van der Waals surface area contributed by atoms with Crippen molar-refractivity contribution >= 4 is 0 Å². The van der Waals surface area contributed by atoms with Crippen molar-refractivity contribution < 1.29 is 9.15 Å².